The number of amides is 1. The second kappa shape index (κ2) is 4.52. The van der Waals surface area contributed by atoms with Gasteiger partial charge < -0.3 is 10.6 Å². The lowest BCUT2D eigenvalue weighted by Gasteiger charge is -2.29. The average Bonchev–Trinajstić information content (AvgIpc) is 2.66. The third-order valence-corrected chi connectivity index (χ3v) is 3.80. The number of carbonyl (C=O) groups is 1. The molecule has 2 fully saturated rings. The Morgan fingerprint density at radius 2 is 2.07 bits per heavy atom. The van der Waals surface area contributed by atoms with Gasteiger partial charge in [0.25, 0.3) is 0 Å². The van der Waals surface area contributed by atoms with Crippen LogP contribution in [0.3, 0.4) is 0 Å². The van der Waals surface area contributed by atoms with E-state index in [0.717, 1.165) is 38.8 Å². The fraction of sp³-hybridized carbons (Fsp3) is 0.917. The molecule has 0 radical (unpaired) electrons. The van der Waals surface area contributed by atoms with Gasteiger partial charge in [-0.05, 0) is 39.2 Å². The van der Waals surface area contributed by atoms with Crippen LogP contribution in [0.2, 0.25) is 0 Å². The maximum Gasteiger partial charge on any atom is 0.224 e. The van der Waals surface area contributed by atoms with Crippen LogP contribution in [0.1, 0.15) is 45.4 Å². The lowest BCUT2D eigenvalue weighted by Crippen LogP contribution is -2.49. The summed E-state index contributed by atoms with van der Waals surface area (Å²) in [4.78, 5) is 12.0. The Bertz CT molecular complexity index is 228. The smallest absolute Gasteiger partial charge is 0.224 e. The predicted octanol–water partition coefficient (Wildman–Crippen LogP) is 1.43. The number of rotatable bonds is 2. The van der Waals surface area contributed by atoms with Crippen molar-refractivity contribution < 1.29 is 4.79 Å². The van der Waals surface area contributed by atoms with Crippen molar-refractivity contribution in [1.29, 1.82) is 0 Å². The van der Waals surface area contributed by atoms with E-state index >= 15 is 0 Å². The Balaban J connectivity index is 1.85. The van der Waals surface area contributed by atoms with Crippen LogP contribution in [0.25, 0.3) is 0 Å². The maximum absolute atomic E-state index is 12.0. The average molecular weight is 210 g/mol. The first-order valence-corrected chi connectivity index (χ1v) is 6.22. The predicted molar refractivity (Wildman–Crippen MR) is 60.6 cm³/mol. The number of nitrogens with one attached hydrogen (secondary N) is 2. The topological polar surface area (TPSA) is 41.1 Å². The molecule has 3 heteroatoms. The molecule has 0 aromatic carbocycles. The van der Waals surface area contributed by atoms with E-state index in [1.165, 1.54) is 12.8 Å². The molecule has 1 heterocycles. The van der Waals surface area contributed by atoms with Crippen molar-refractivity contribution in [2.45, 2.75) is 51.0 Å². The van der Waals surface area contributed by atoms with E-state index in [4.69, 9.17) is 0 Å². The molecule has 1 saturated carbocycles. The normalized spacial score (nSPS) is 30.1. The zero-order valence-corrected chi connectivity index (χ0v) is 9.64. The summed E-state index contributed by atoms with van der Waals surface area (Å²) in [6.45, 7) is 4.12. The highest BCUT2D eigenvalue weighted by atomic mass is 16.2. The first kappa shape index (κ1) is 10.9. The molecule has 0 aromatic heterocycles. The molecule has 2 rings (SSSR count). The molecule has 3 nitrogen and oxygen atoms in total. The van der Waals surface area contributed by atoms with Crippen molar-refractivity contribution in [3.63, 3.8) is 0 Å². The van der Waals surface area contributed by atoms with Crippen molar-refractivity contribution >= 4 is 5.91 Å². The number of carbonyl (C=O) groups excluding carboxylic acids is 1. The zero-order chi connectivity index (χ0) is 10.7. The number of piperidine rings is 1. The summed E-state index contributed by atoms with van der Waals surface area (Å²) >= 11 is 0. The van der Waals surface area contributed by atoms with Crippen molar-refractivity contribution in [2.24, 2.45) is 5.92 Å². The minimum absolute atomic E-state index is 0.0918. The maximum atomic E-state index is 12.0. The van der Waals surface area contributed by atoms with Gasteiger partial charge in [-0.2, -0.15) is 0 Å². The summed E-state index contributed by atoms with van der Waals surface area (Å²) in [5.74, 6) is 0.475. The minimum atomic E-state index is 0.0918. The lowest BCUT2D eigenvalue weighted by molar-refractivity contribution is -0.127. The molecule has 15 heavy (non-hydrogen) atoms. The molecular weight excluding hydrogens is 188 g/mol. The van der Waals surface area contributed by atoms with Crippen LogP contribution in [0.4, 0.5) is 0 Å². The largest absolute Gasteiger partial charge is 0.351 e. The molecule has 1 saturated heterocycles. The quantitative estimate of drug-likeness (QED) is 0.724. The van der Waals surface area contributed by atoms with Crippen molar-refractivity contribution in [2.75, 3.05) is 13.1 Å². The highest BCUT2D eigenvalue weighted by Crippen LogP contribution is 2.29. The van der Waals surface area contributed by atoms with E-state index in [2.05, 4.69) is 17.6 Å². The summed E-state index contributed by atoms with van der Waals surface area (Å²) in [5, 5.41) is 6.54. The molecule has 1 aliphatic heterocycles. The van der Waals surface area contributed by atoms with Crippen molar-refractivity contribution in [1.82, 2.24) is 10.6 Å². The molecule has 1 amide bonds. The van der Waals surface area contributed by atoms with Crippen LogP contribution in [0.15, 0.2) is 0 Å². The van der Waals surface area contributed by atoms with Crippen molar-refractivity contribution in [3.8, 4) is 0 Å². The molecule has 2 aliphatic rings. The fourth-order valence-corrected chi connectivity index (χ4v) is 2.76. The van der Waals surface area contributed by atoms with Crippen LogP contribution in [-0.2, 0) is 4.79 Å². The van der Waals surface area contributed by atoms with Gasteiger partial charge in [-0.15, -0.1) is 0 Å². The molecule has 0 aromatic rings. The van der Waals surface area contributed by atoms with E-state index in [0.29, 0.717) is 0 Å². The van der Waals surface area contributed by atoms with Crippen LogP contribution in [0, 0.1) is 5.92 Å². The van der Waals surface area contributed by atoms with Crippen LogP contribution >= 0.6 is 0 Å². The first-order valence-electron chi connectivity index (χ1n) is 6.22. The Hall–Kier alpha value is -0.570. The second-order valence-electron chi connectivity index (χ2n) is 5.30. The molecule has 86 valence electrons. The van der Waals surface area contributed by atoms with Gasteiger partial charge in [0, 0.05) is 12.1 Å². The van der Waals surface area contributed by atoms with E-state index in [9.17, 15) is 4.79 Å². The van der Waals surface area contributed by atoms with Crippen LogP contribution in [-0.4, -0.2) is 24.5 Å². The van der Waals surface area contributed by atoms with E-state index in [-0.39, 0.29) is 17.4 Å². The highest BCUT2D eigenvalue weighted by molar-refractivity contribution is 5.79. The van der Waals surface area contributed by atoms with Gasteiger partial charge in [0.15, 0.2) is 0 Å². The summed E-state index contributed by atoms with van der Waals surface area (Å²) in [7, 11) is 0. The number of hydrogen-bond acceptors (Lipinski definition) is 2. The number of hydrogen-bond donors (Lipinski definition) is 2. The third-order valence-electron chi connectivity index (χ3n) is 3.80. The zero-order valence-electron chi connectivity index (χ0n) is 9.64. The molecule has 1 aliphatic carbocycles. The Labute approximate surface area is 92.0 Å². The van der Waals surface area contributed by atoms with Crippen LogP contribution < -0.4 is 10.6 Å². The monoisotopic (exact) mass is 210 g/mol. The Morgan fingerprint density at radius 3 is 2.67 bits per heavy atom. The van der Waals surface area contributed by atoms with Gasteiger partial charge in [-0.3, -0.25) is 4.79 Å². The standard InChI is InChI=1S/C12H22N2O/c1-12(6-2-3-7-12)14-11(15)10-5-4-8-13-9-10/h10,13H,2-9H2,1H3,(H,14,15)/t10-/m0/s1. The molecule has 0 spiro atoms. The SMILES string of the molecule is CC1(NC(=O)[C@H]2CCCNC2)CCCC1. The summed E-state index contributed by atoms with van der Waals surface area (Å²) in [6, 6.07) is 0. The van der Waals surface area contributed by atoms with Gasteiger partial charge in [-0.1, -0.05) is 12.8 Å². The van der Waals surface area contributed by atoms with Gasteiger partial charge >= 0.3 is 0 Å². The molecule has 0 bridgehead atoms. The summed E-state index contributed by atoms with van der Waals surface area (Å²) < 4.78 is 0. The second-order valence-corrected chi connectivity index (χ2v) is 5.30. The third kappa shape index (κ3) is 2.71. The molecule has 1 atom stereocenters. The molecule has 2 N–H and O–H groups in total. The fourth-order valence-electron chi connectivity index (χ4n) is 2.76. The van der Waals surface area contributed by atoms with E-state index in [1.807, 2.05) is 0 Å². The molecule has 0 unspecified atom stereocenters. The van der Waals surface area contributed by atoms with Gasteiger partial charge in [-0.25, -0.2) is 0 Å². The van der Waals surface area contributed by atoms with Gasteiger partial charge in [0.2, 0.25) is 5.91 Å². The van der Waals surface area contributed by atoms with E-state index < -0.39 is 0 Å². The summed E-state index contributed by atoms with van der Waals surface area (Å²) in [5.41, 5.74) is 0.0918. The Kier molecular flexibility index (Phi) is 3.29. The van der Waals surface area contributed by atoms with Crippen molar-refractivity contribution in [3.05, 3.63) is 0 Å². The van der Waals surface area contributed by atoms with Gasteiger partial charge in [0.05, 0.1) is 5.92 Å². The Morgan fingerprint density at radius 1 is 1.33 bits per heavy atom. The molecular formula is C12H22N2O. The first-order chi connectivity index (χ1) is 7.20. The van der Waals surface area contributed by atoms with Crippen LogP contribution in [0.5, 0.6) is 0 Å². The van der Waals surface area contributed by atoms with E-state index in [1.54, 1.807) is 0 Å². The van der Waals surface area contributed by atoms with Gasteiger partial charge in [0.1, 0.15) is 0 Å². The highest BCUT2D eigenvalue weighted by Gasteiger charge is 2.32. The summed E-state index contributed by atoms with van der Waals surface area (Å²) in [6.07, 6.45) is 7.01. The minimum Gasteiger partial charge on any atom is -0.351 e. The lowest BCUT2D eigenvalue weighted by atomic mass is 9.95.